The number of rotatable bonds is 12. The maximum Gasteiger partial charge on any atom is 0.327 e. The second-order valence-corrected chi connectivity index (χ2v) is 12.2. The minimum absolute atomic E-state index is 0.0785. The number of anilines is 1. The van der Waals surface area contributed by atoms with Gasteiger partial charge in [0.15, 0.2) is 12.4 Å². The number of hydrogen-bond acceptors (Lipinski definition) is 8. The first-order valence-corrected chi connectivity index (χ1v) is 15.4. The molecule has 274 valence electrons. The predicted molar refractivity (Wildman–Crippen MR) is 172 cm³/mol. The highest BCUT2D eigenvalue weighted by Gasteiger charge is 2.37. The Kier molecular flexibility index (Phi) is 13.3. The van der Waals surface area contributed by atoms with Crippen LogP contribution in [0.4, 0.5) is 27.6 Å². The SMILES string of the molecule is CCOC(=O)CN(NC(=O)C(NC(=O)C(NC(=O)c1ccc(N)c(Cl)c1)C(C)(C)C)c1ccccc1)C(=O)COc1c(F)c(F)c(F)c(F)c1F. The molecule has 0 fully saturated rings. The molecule has 2 unspecified atom stereocenters. The Morgan fingerprint density at radius 2 is 1.45 bits per heavy atom. The minimum atomic E-state index is -2.46. The van der Waals surface area contributed by atoms with Crippen molar-refractivity contribution in [2.24, 2.45) is 5.41 Å². The minimum Gasteiger partial charge on any atom is -0.477 e. The molecule has 0 aliphatic carbocycles. The first kappa shape index (κ1) is 40.0. The van der Waals surface area contributed by atoms with Crippen LogP contribution in [0.15, 0.2) is 48.5 Å². The quantitative estimate of drug-likeness (QED) is 0.0537. The summed E-state index contributed by atoms with van der Waals surface area (Å²) in [6, 6.07) is 8.72. The lowest BCUT2D eigenvalue weighted by atomic mass is 9.85. The zero-order valence-electron chi connectivity index (χ0n) is 27.5. The summed E-state index contributed by atoms with van der Waals surface area (Å²) in [6.45, 7) is 3.72. The van der Waals surface area contributed by atoms with E-state index in [0.29, 0.717) is 5.01 Å². The highest BCUT2D eigenvalue weighted by molar-refractivity contribution is 6.33. The van der Waals surface area contributed by atoms with Gasteiger partial charge < -0.3 is 25.8 Å². The molecular formula is C33H33ClF5N5O7. The van der Waals surface area contributed by atoms with Crippen molar-refractivity contribution in [3.8, 4) is 5.75 Å². The van der Waals surface area contributed by atoms with Crippen LogP contribution in [0, 0.1) is 34.5 Å². The summed E-state index contributed by atoms with van der Waals surface area (Å²) in [5, 5.41) is 5.52. The number of nitrogen functional groups attached to an aromatic ring is 1. The number of hydrogen-bond donors (Lipinski definition) is 4. The fraction of sp³-hybridized carbons (Fsp3) is 0.303. The maximum atomic E-state index is 14.2. The van der Waals surface area contributed by atoms with Gasteiger partial charge in [-0.15, -0.1) is 0 Å². The Bertz CT molecular complexity index is 1780. The van der Waals surface area contributed by atoms with Crippen LogP contribution in [-0.4, -0.2) is 60.4 Å². The van der Waals surface area contributed by atoms with Gasteiger partial charge in [0.2, 0.25) is 35.0 Å². The van der Waals surface area contributed by atoms with E-state index in [-0.39, 0.29) is 28.4 Å². The molecule has 0 heterocycles. The van der Waals surface area contributed by atoms with Gasteiger partial charge in [-0.1, -0.05) is 62.7 Å². The molecule has 2 atom stereocenters. The van der Waals surface area contributed by atoms with Crippen molar-refractivity contribution in [2.75, 3.05) is 25.5 Å². The fourth-order valence-corrected chi connectivity index (χ4v) is 4.56. The molecule has 3 aromatic carbocycles. The van der Waals surface area contributed by atoms with Crippen LogP contribution < -0.4 is 26.5 Å². The van der Waals surface area contributed by atoms with Gasteiger partial charge in [-0.05, 0) is 36.1 Å². The predicted octanol–water partition coefficient (Wildman–Crippen LogP) is 4.12. The van der Waals surface area contributed by atoms with Gasteiger partial charge in [0, 0.05) is 5.56 Å². The summed E-state index contributed by atoms with van der Waals surface area (Å²) in [5.41, 5.74) is 7.32. The second-order valence-electron chi connectivity index (χ2n) is 11.8. The summed E-state index contributed by atoms with van der Waals surface area (Å²) in [4.78, 5) is 66.0. The van der Waals surface area contributed by atoms with Crippen LogP contribution in [0.25, 0.3) is 0 Å². The molecule has 0 spiro atoms. The number of carbonyl (C=O) groups excluding carboxylic acids is 5. The van der Waals surface area contributed by atoms with Gasteiger partial charge >= 0.3 is 5.97 Å². The van der Waals surface area contributed by atoms with Crippen LogP contribution in [0.2, 0.25) is 5.02 Å². The molecule has 0 aliphatic heterocycles. The van der Waals surface area contributed by atoms with Gasteiger partial charge in [0.1, 0.15) is 18.6 Å². The Hall–Kier alpha value is -5.45. The summed E-state index contributed by atoms with van der Waals surface area (Å²) < 4.78 is 78.5. The fourth-order valence-electron chi connectivity index (χ4n) is 4.38. The number of benzene rings is 3. The van der Waals surface area contributed by atoms with E-state index in [1.807, 2.05) is 0 Å². The molecule has 0 radical (unpaired) electrons. The van der Waals surface area contributed by atoms with Crippen LogP contribution >= 0.6 is 11.6 Å². The Morgan fingerprint density at radius 1 is 0.863 bits per heavy atom. The third-order valence-corrected chi connectivity index (χ3v) is 7.32. The molecule has 0 bridgehead atoms. The number of esters is 1. The van der Waals surface area contributed by atoms with Crippen molar-refractivity contribution in [1.82, 2.24) is 21.1 Å². The number of carbonyl (C=O) groups is 5. The van der Waals surface area contributed by atoms with Crippen molar-refractivity contribution in [2.45, 2.75) is 39.8 Å². The normalized spacial score (nSPS) is 12.3. The summed E-state index contributed by atoms with van der Waals surface area (Å²) in [7, 11) is 0. The molecule has 0 saturated heterocycles. The van der Waals surface area contributed by atoms with E-state index in [1.54, 1.807) is 26.8 Å². The van der Waals surface area contributed by atoms with Crippen LogP contribution in [0.1, 0.15) is 49.7 Å². The summed E-state index contributed by atoms with van der Waals surface area (Å²) in [6.07, 6.45) is 0. The zero-order valence-corrected chi connectivity index (χ0v) is 28.3. The lowest BCUT2D eigenvalue weighted by Gasteiger charge is -2.32. The van der Waals surface area contributed by atoms with E-state index in [0.717, 1.165) is 0 Å². The van der Waals surface area contributed by atoms with Crippen molar-refractivity contribution < 1.29 is 55.4 Å². The number of nitrogens with zero attached hydrogens (tertiary/aromatic N) is 1. The molecule has 4 amide bonds. The molecule has 12 nitrogen and oxygen atoms in total. The molecule has 0 aromatic heterocycles. The van der Waals surface area contributed by atoms with E-state index in [9.17, 15) is 45.9 Å². The monoisotopic (exact) mass is 741 g/mol. The average molecular weight is 742 g/mol. The molecular weight excluding hydrogens is 709 g/mol. The van der Waals surface area contributed by atoms with Gasteiger partial charge in [0.25, 0.3) is 17.7 Å². The molecule has 51 heavy (non-hydrogen) atoms. The standard InChI is InChI=1S/C33H33ClF5N5O7/c1-5-50-21(46)14-44(20(45)15-51-28-25(38)23(36)22(35)24(37)26(28)39)43-31(48)27(16-9-7-6-8-10-16)41-32(49)29(33(2,3)4)42-30(47)17-11-12-19(40)18(34)13-17/h6-13,27,29H,5,14-15,40H2,1-4H3,(H,41,49)(H,42,47)(H,43,48). The van der Waals surface area contributed by atoms with Crippen molar-refractivity contribution in [3.63, 3.8) is 0 Å². The molecule has 5 N–H and O–H groups in total. The van der Waals surface area contributed by atoms with Gasteiger partial charge in [-0.25, -0.2) is 18.2 Å². The van der Waals surface area contributed by atoms with E-state index in [2.05, 4.69) is 20.8 Å². The van der Waals surface area contributed by atoms with E-state index in [4.69, 9.17) is 22.1 Å². The zero-order chi connectivity index (χ0) is 38.2. The molecule has 0 saturated carbocycles. The third-order valence-electron chi connectivity index (χ3n) is 7.00. The number of amides is 4. The average Bonchev–Trinajstić information content (AvgIpc) is 3.08. The van der Waals surface area contributed by atoms with Crippen LogP contribution in [-0.2, 0) is 23.9 Å². The van der Waals surface area contributed by atoms with Gasteiger partial charge in [-0.2, -0.15) is 8.78 Å². The maximum absolute atomic E-state index is 14.2. The molecule has 3 rings (SSSR count). The van der Waals surface area contributed by atoms with Crippen molar-refractivity contribution in [3.05, 3.63) is 93.8 Å². The third kappa shape index (κ3) is 10.1. The van der Waals surface area contributed by atoms with Gasteiger partial charge in [0.05, 0.1) is 17.3 Å². The van der Waals surface area contributed by atoms with Crippen LogP contribution in [0.5, 0.6) is 5.75 Å². The van der Waals surface area contributed by atoms with Gasteiger partial charge in [-0.3, -0.25) is 29.4 Å². The first-order valence-electron chi connectivity index (χ1n) is 15.0. The largest absolute Gasteiger partial charge is 0.477 e. The Balaban J connectivity index is 1.91. The molecule has 18 heteroatoms. The van der Waals surface area contributed by atoms with E-state index in [1.165, 1.54) is 49.4 Å². The first-order chi connectivity index (χ1) is 23.9. The highest BCUT2D eigenvalue weighted by Crippen LogP contribution is 2.29. The number of ether oxygens (including phenoxy) is 2. The Morgan fingerprint density at radius 3 is 2.00 bits per heavy atom. The smallest absolute Gasteiger partial charge is 0.327 e. The molecule has 0 aliphatic rings. The molecule has 3 aromatic rings. The van der Waals surface area contributed by atoms with E-state index >= 15 is 0 Å². The van der Waals surface area contributed by atoms with Crippen molar-refractivity contribution >= 4 is 46.9 Å². The summed E-state index contributed by atoms with van der Waals surface area (Å²) in [5.74, 6) is -18.8. The topological polar surface area (TPSA) is 169 Å². The van der Waals surface area contributed by atoms with E-state index < -0.39 is 95.1 Å². The Labute approximate surface area is 293 Å². The van der Waals surface area contributed by atoms with Crippen LogP contribution in [0.3, 0.4) is 0 Å². The van der Waals surface area contributed by atoms with Crippen molar-refractivity contribution in [1.29, 1.82) is 0 Å². The highest BCUT2D eigenvalue weighted by atomic mass is 35.5. The lowest BCUT2D eigenvalue weighted by Crippen LogP contribution is -2.57. The number of hydrazine groups is 1. The summed E-state index contributed by atoms with van der Waals surface area (Å²) >= 11 is 6.04. The number of halogens is 6. The second kappa shape index (κ2) is 17.0. The number of nitrogens with two attached hydrogens (primary N) is 1. The lowest BCUT2D eigenvalue weighted by molar-refractivity contribution is -0.154. The number of nitrogens with one attached hydrogen (secondary N) is 3.